The zero-order valence-corrected chi connectivity index (χ0v) is 15.0. The van der Waals surface area contributed by atoms with Crippen LogP contribution in [0.4, 0.5) is 0 Å². The van der Waals surface area contributed by atoms with Gasteiger partial charge >= 0.3 is 0 Å². The highest BCUT2D eigenvalue weighted by molar-refractivity contribution is 7.89. The van der Waals surface area contributed by atoms with Crippen molar-refractivity contribution in [3.05, 3.63) is 42.5 Å². The van der Waals surface area contributed by atoms with Crippen molar-refractivity contribution in [2.45, 2.75) is 11.3 Å². The minimum Gasteiger partial charge on any atom is -0.352 e. The van der Waals surface area contributed by atoms with Crippen LogP contribution in [-0.2, 0) is 19.6 Å². The summed E-state index contributed by atoms with van der Waals surface area (Å²) in [5, 5.41) is 11.6. The average molecular weight is 376 g/mol. The normalized spacial score (nSPS) is 15.1. The largest absolute Gasteiger partial charge is 0.352 e. The maximum atomic E-state index is 12.7. The molecule has 0 spiro atoms. The lowest BCUT2D eigenvalue weighted by atomic mass is 10.2. The van der Waals surface area contributed by atoms with Crippen molar-refractivity contribution in [3.8, 4) is 6.07 Å². The molecule has 0 aromatic heterocycles. The molecule has 0 saturated carbocycles. The second-order valence-electron chi connectivity index (χ2n) is 5.64. The van der Waals surface area contributed by atoms with E-state index in [2.05, 4.69) is 11.9 Å². The molecule has 1 aliphatic heterocycles. The second-order valence-corrected chi connectivity index (χ2v) is 7.54. The molecule has 0 unspecified atom stereocenters. The lowest BCUT2D eigenvalue weighted by Crippen LogP contribution is -2.51. The maximum absolute atomic E-state index is 12.7. The van der Waals surface area contributed by atoms with Crippen LogP contribution < -0.4 is 5.32 Å². The molecule has 26 heavy (non-hydrogen) atoms. The summed E-state index contributed by atoms with van der Waals surface area (Å²) in [6.07, 6.45) is 1.27. The molecule has 8 nitrogen and oxygen atoms in total. The number of hydrogen-bond acceptors (Lipinski definition) is 5. The number of amides is 2. The molecule has 2 rings (SSSR count). The first-order valence-electron chi connectivity index (χ1n) is 8.07. The number of rotatable bonds is 6. The SMILES string of the molecule is C=CC(=O)NCCC(=O)N1CCN(S(=O)(=O)c2ccccc2C#N)CC1. The molecule has 1 aromatic rings. The van der Waals surface area contributed by atoms with Crippen molar-refractivity contribution in [2.24, 2.45) is 0 Å². The minimum absolute atomic E-state index is 0.0191. The Morgan fingerprint density at radius 1 is 1.23 bits per heavy atom. The molecule has 1 saturated heterocycles. The lowest BCUT2D eigenvalue weighted by Gasteiger charge is -2.34. The van der Waals surface area contributed by atoms with Gasteiger partial charge in [0.05, 0.1) is 10.5 Å². The van der Waals surface area contributed by atoms with Gasteiger partial charge in [0, 0.05) is 39.1 Å². The Kier molecular flexibility index (Phi) is 6.49. The third kappa shape index (κ3) is 4.47. The van der Waals surface area contributed by atoms with Crippen LogP contribution in [-0.4, -0.2) is 62.2 Å². The predicted molar refractivity (Wildman–Crippen MR) is 94.3 cm³/mol. The molecule has 2 amide bonds. The Morgan fingerprint density at radius 2 is 1.88 bits per heavy atom. The van der Waals surface area contributed by atoms with Gasteiger partial charge < -0.3 is 10.2 Å². The van der Waals surface area contributed by atoms with E-state index in [1.54, 1.807) is 17.0 Å². The Hall–Kier alpha value is -2.70. The summed E-state index contributed by atoms with van der Waals surface area (Å²) < 4.78 is 26.8. The summed E-state index contributed by atoms with van der Waals surface area (Å²) >= 11 is 0. The summed E-state index contributed by atoms with van der Waals surface area (Å²) in [6.45, 7) is 4.38. The van der Waals surface area contributed by atoms with Gasteiger partial charge in [0.2, 0.25) is 21.8 Å². The third-order valence-electron chi connectivity index (χ3n) is 4.04. The Morgan fingerprint density at radius 3 is 2.50 bits per heavy atom. The van der Waals surface area contributed by atoms with E-state index < -0.39 is 10.0 Å². The van der Waals surface area contributed by atoms with Gasteiger partial charge in [-0.05, 0) is 18.2 Å². The smallest absolute Gasteiger partial charge is 0.244 e. The van der Waals surface area contributed by atoms with Gasteiger partial charge in [-0.1, -0.05) is 18.7 Å². The fourth-order valence-corrected chi connectivity index (χ4v) is 4.19. The predicted octanol–water partition coefficient (Wildman–Crippen LogP) is 0.0835. The number of piperazine rings is 1. The van der Waals surface area contributed by atoms with Crippen molar-refractivity contribution >= 4 is 21.8 Å². The van der Waals surface area contributed by atoms with Crippen LogP contribution >= 0.6 is 0 Å². The number of nitrogens with one attached hydrogen (secondary N) is 1. The van der Waals surface area contributed by atoms with Crippen LogP contribution in [0.3, 0.4) is 0 Å². The number of hydrogen-bond donors (Lipinski definition) is 1. The van der Waals surface area contributed by atoms with Crippen LogP contribution in [0.1, 0.15) is 12.0 Å². The molecule has 1 fully saturated rings. The van der Waals surface area contributed by atoms with Gasteiger partial charge in [0.1, 0.15) is 6.07 Å². The molecule has 1 aliphatic rings. The summed E-state index contributed by atoms with van der Waals surface area (Å²) in [7, 11) is -3.78. The quantitative estimate of drug-likeness (QED) is 0.707. The zero-order valence-electron chi connectivity index (χ0n) is 14.2. The van der Waals surface area contributed by atoms with Crippen molar-refractivity contribution in [1.82, 2.24) is 14.5 Å². The first kappa shape index (κ1) is 19.6. The monoisotopic (exact) mass is 376 g/mol. The molecule has 1 heterocycles. The van der Waals surface area contributed by atoms with Crippen molar-refractivity contribution in [1.29, 1.82) is 5.26 Å². The fraction of sp³-hybridized carbons (Fsp3) is 0.353. The average Bonchev–Trinajstić information content (AvgIpc) is 2.67. The highest BCUT2D eigenvalue weighted by atomic mass is 32.2. The summed E-state index contributed by atoms with van der Waals surface area (Å²) in [5.74, 6) is -0.492. The van der Waals surface area contributed by atoms with Gasteiger partial charge in [-0.2, -0.15) is 9.57 Å². The Balaban J connectivity index is 1.95. The van der Waals surface area contributed by atoms with Gasteiger partial charge in [-0.25, -0.2) is 8.42 Å². The van der Waals surface area contributed by atoms with E-state index in [4.69, 9.17) is 5.26 Å². The van der Waals surface area contributed by atoms with E-state index in [0.717, 1.165) is 6.08 Å². The molecule has 9 heteroatoms. The fourth-order valence-electron chi connectivity index (χ4n) is 2.62. The number of nitrogens with zero attached hydrogens (tertiary/aromatic N) is 3. The molecule has 0 radical (unpaired) electrons. The summed E-state index contributed by atoms with van der Waals surface area (Å²) in [6, 6.07) is 7.95. The molecule has 0 bridgehead atoms. The van der Waals surface area contributed by atoms with Crippen LogP contribution in [0.5, 0.6) is 0 Å². The minimum atomic E-state index is -3.78. The van der Waals surface area contributed by atoms with E-state index in [-0.39, 0.29) is 61.4 Å². The molecular weight excluding hydrogens is 356 g/mol. The van der Waals surface area contributed by atoms with E-state index in [9.17, 15) is 18.0 Å². The maximum Gasteiger partial charge on any atom is 0.244 e. The van der Waals surface area contributed by atoms with E-state index in [1.165, 1.54) is 16.4 Å². The highest BCUT2D eigenvalue weighted by Crippen LogP contribution is 2.21. The summed E-state index contributed by atoms with van der Waals surface area (Å²) in [5.41, 5.74) is 0.101. The van der Waals surface area contributed by atoms with E-state index >= 15 is 0 Å². The molecule has 0 atom stereocenters. The third-order valence-corrected chi connectivity index (χ3v) is 6.00. The number of nitriles is 1. The lowest BCUT2D eigenvalue weighted by molar-refractivity contribution is -0.132. The second kappa shape index (κ2) is 8.60. The van der Waals surface area contributed by atoms with E-state index in [0.29, 0.717) is 0 Å². The van der Waals surface area contributed by atoms with Gasteiger partial charge in [0.25, 0.3) is 0 Å². The van der Waals surface area contributed by atoms with Crippen molar-refractivity contribution in [2.75, 3.05) is 32.7 Å². The number of sulfonamides is 1. The molecule has 138 valence electrons. The topological polar surface area (TPSA) is 111 Å². The summed E-state index contributed by atoms with van der Waals surface area (Å²) in [4.78, 5) is 24.7. The Bertz CT molecular complexity index is 837. The number of carbonyl (C=O) groups is 2. The van der Waals surface area contributed by atoms with Gasteiger partial charge in [-0.3, -0.25) is 9.59 Å². The number of benzene rings is 1. The molecule has 1 N–H and O–H groups in total. The van der Waals surface area contributed by atoms with Crippen LogP contribution in [0.25, 0.3) is 0 Å². The van der Waals surface area contributed by atoms with Gasteiger partial charge in [-0.15, -0.1) is 0 Å². The van der Waals surface area contributed by atoms with Crippen LogP contribution in [0.2, 0.25) is 0 Å². The first-order chi connectivity index (χ1) is 12.4. The standard InChI is InChI=1S/C17H20N4O4S/c1-2-16(22)19-8-7-17(23)20-9-11-21(12-10-20)26(24,25)15-6-4-3-5-14(15)13-18/h2-6H,1,7-12H2,(H,19,22). The van der Waals surface area contributed by atoms with Crippen LogP contribution in [0, 0.1) is 11.3 Å². The molecule has 1 aromatic carbocycles. The zero-order chi connectivity index (χ0) is 19.2. The highest BCUT2D eigenvalue weighted by Gasteiger charge is 2.31. The molecular formula is C17H20N4O4S. The molecule has 0 aliphatic carbocycles. The van der Waals surface area contributed by atoms with Crippen LogP contribution in [0.15, 0.2) is 41.8 Å². The van der Waals surface area contributed by atoms with E-state index in [1.807, 2.05) is 6.07 Å². The first-order valence-corrected chi connectivity index (χ1v) is 9.51. The van der Waals surface area contributed by atoms with Crippen molar-refractivity contribution in [3.63, 3.8) is 0 Å². The van der Waals surface area contributed by atoms with Gasteiger partial charge in [0.15, 0.2) is 0 Å². The Labute approximate surface area is 152 Å². The number of carbonyl (C=O) groups excluding carboxylic acids is 2. The van der Waals surface area contributed by atoms with Crippen molar-refractivity contribution < 1.29 is 18.0 Å².